The minimum absolute atomic E-state index is 0.122. The minimum atomic E-state index is -4.16. The van der Waals surface area contributed by atoms with E-state index in [-0.39, 0.29) is 17.6 Å². The van der Waals surface area contributed by atoms with Gasteiger partial charge in [-0.2, -0.15) is 5.10 Å². The molecule has 6 nitrogen and oxygen atoms in total. The van der Waals surface area contributed by atoms with Crippen molar-refractivity contribution in [3.63, 3.8) is 0 Å². The maximum atomic E-state index is 14.3. The number of benzene rings is 3. The molecule has 0 radical (unpaired) electrons. The van der Waals surface area contributed by atoms with Crippen LogP contribution in [0.1, 0.15) is 24.9 Å². The number of halogens is 4. The van der Waals surface area contributed by atoms with Gasteiger partial charge in [0.15, 0.2) is 5.82 Å². The van der Waals surface area contributed by atoms with Crippen LogP contribution in [-0.4, -0.2) is 27.3 Å². The van der Waals surface area contributed by atoms with E-state index in [1.807, 2.05) is 31.2 Å². The van der Waals surface area contributed by atoms with Crippen LogP contribution in [0.4, 0.5) is 10.1 Å². The lowest BCUT2D eigenvalue weighted by atomic mass is 10.0. The van der Waals surface area contributed by atoms with Gasteiger partial charge in [0.05, 0.1) is 40.6 Å². The molecule has 3 aromatic rings. The number of sulfonamides is 1. The Labute approximate surface area is 218 Å². The quantitative estimate of drug-likeness (QED) is 0.345. The van der Waals surface area contributed by atoms with Crippen molar-refractivity contribution in [3.05, 3.63) is 87.1 Å². The summed E-state index contributed by atoms with van der Waals surface area (Å²) in [5.74, 6) is -0.264. The second-order valence-electron chi connectivity index (χ2n) is 7.71. The molecule has 0 saturated heterocycles. The molecule has 0 spiro atoms. The van der Waals surface area contributed by atoms with Gasteiger partial charge < -0.3 is 4.74 Å². The van der Waals surface area contributed by atoms with Crippen LogP contribution in [-0.2, 0) is 10.0 Å². The van der Waals surface area contributed by atoms with Crippen molar-refractivity contribution in [1.29, 1.82) is 0 Å². The maximum absolute atomic E-state index is 14.3. The SMILES string of the molecule is CCOc1ccc(C2CC(CNS(=O)(=O)c3cccc(Cl)c3F)=NN2c2ccc(Cl)cc2Cl)cc1. The van der Waals surface area contributed by atoms with Crippen molar-refractivity contribution in [1.82, 2.24) is 4.72 Å². The van der Waals surface area contributed by atoms with E-state index in [4.69, 9.17) is 39.5 Å². The average Bonchev–Trinajstić information content (AvgIpc) is 3.24. The van der Waals surface area contributed by atoms with Crippen LogP contribution in [0.3, 0.4) is 0 Å². The summed E-state index contributed by atoms with van der Waals surface area (Å²) >= 11 is 18.3. The Balaban J connectivity index is 1.62. The number of nitrogens with zero attached hydrogens (tertiary/aromatic N) is 2. The Bertz CT molecular complexity index is 1370. The molecule has 0 amide bonds. The smallest absolute Gasteiger partial charge is 0.243 e. The van der Waals surface area contributed by atoms with Gasteiger partial charge in [-0.25, -0.2) is 17.5 Å². The van der Waals surface area contributed by atoms with E-state index in [0.29, 0.717) is 34.5 Å². The fraction of sp³-hybridized carbons (Fsp3) is 0.208. The van der Waals surface area contributed by atoms with E-state index in [0.717, 1.165) is 17.4 Å². The van der Waals surface area contributed by atoms with Gasteiger partial charge in [-0.05, 0) is 55.0 Å². The summed E-state index contributed by atoms with van der Waals surface area (Å²) in [6.07, 6.45) is 0.410. The first kappa shape index (κ1) is 25.7. The fourth-order valence-electron chi connectivity index (χ4n) is 3.73. The van der Waals surface area contributed by atoms with E-state index in [9.17, 15) is 12.8 Å². The Morgan fingerprint density at radius 1 is 1.09 bits per heavy atom. The molecule has 35 heavy (non-hydrogen) atoms. The molecule has 4 rings (SSSR count). The predicted molar refractivity (Wildman–Crippen MR) is 138 cm³/mol. The van der Waals surface area contributed by atoms with Crippen LogP contribution in [0, 0.1) is 5.82 Å². The number of hydrogen-bond donors (Lipinski definition) is 1. The summed E-state index contributed by atoms with van der Waals surface area (Å²) in [5.41, 5.74) is 2.09. The second-order valence-corrected chi connectivity index (χ2v) is 10.7. The number of rotatable bonds is 8. The standard InChI is InChI=1S/C24H21Cl3FN3O3S/c1-2-34-18-9-6-15(7-10-18)22-13-17(30-31(22)21-11-8-16(25)12-20(21)27)14-29-35(32,33)23-5-3-4-19(26)24(23)28/h3-12,22,29H,2,13-14H2,1H3. The Morgan fingerprint density at radius 3 is 2.51 bits per heavy atom. The molecule has 1 atom stereocenters. The third-order valence-electron chi connectivity index (χ3n) is 5.38. The van der Waals surface area contributed by atoms with Crippen LogP contribution in [0.2, 0.25) is 15.1 Å². The van der Waals surface area contributed by atoms with Crippen molar-refractivity contribution >= 4 is 56.2 Å². The molecule has 0 bridgehead atoms. The van der Waals surface area contributed by atoms with Crippen LogP contribution in [0.5, 0.6) is 5.75 Å². The normalized spacial score (nSPS) is 15.9. The fourth-order valence-corrected chi connectivity index (χ4v) is 5.57. The van der Waals surface area contributed by atoms with Gasteiger partial charge in [0.2, 0.25) is 10.0 Å². The molecule has 1 aliphatic heterocycles. The summed E-state index contributed by atoms with van der Waals surface area (Å²) in [4.78, 5) is -0.524. The highest BCUT2D eigenvalue weighted by Crippen LogP contribution is 2.40. The molecule has 1 heterocycles. The number of hydrogen-bond acceptors (Lipinski definition) is 5. The zero-order chi connectivity index (χ0) is 25.2. The van der Waals surface area contributed by atoms with E-state index in [1.54, 1.807) is 23.2 Å². The van der Waals surface area contributed by atoms with Crippen LogP contribution in [0.15, 0.2) is 70.7 Å². The predicted octanol–water partition coefficient (Wildman–Crippen LogP) is 6.47. The molecule has 3 aromatic carbocycles. The van der Waals surface area contributed by atoms with E-state index in [1.165, 1.54) is 12.1 Å². The zero-order valence-electron chi connectivity index (χ0n) is 18.5. The number of ether oxygens (including phenoxy) is 1. The van der Waals surface area contributed by atoms with E-state index in [2.05, 4.69) is 9.82 Å². The van der Waals surface area contributed by atoms with Gasteiger partial charge in [-0.15, -0.1) is 0 Å². The number of hydrazone groups is 1. The molecule has 11 heteroatoms. The molecule has 1 unspecified atom stereocenters. The summed E-state index contributed by atoms with van der Waals surface area (Å²) in [7, 11) is -4.16. The van der Waals surface area contributed by atoms with Crippen LogP contribution in [0.25, 0.3) is 0 Å². The summed E-state index contributed by atoms with van der Waals surface area (Å²) < 4.78 is 47.7. The van der Waals surface area contributed by atoms with Crippen LogP contribution >= 0.6 is 34.8 Å². The third kappa shape index (κ3) is 5.73. The van der Waals surface area contributed by atoms with Crippen LogP contribution < -0.4 is 14.5 Å². The highest BCUT2D eigenvalue weighted by Gasteiger charge is 2.31. The Morgan fingerprint density at radius 2 is 1.83 bits per heavy atom. The molecule has 1 N–H and O–H groups in total. The maximum Gasteiger partial charge on any atom is 0.243 e. The molecule has 0 fully saturated rings. The van der Waals surface area contributed by atoms with Gasteiger partial charge in [0.1, 0.15) is 10.6 Å². The number of anilines is 1. The molecule has 0 aromatic heterocycles. The summed E-state index contributed by atoms with van der Waals surface area (Å²) in [6, 6.07) is 16.2. The first-order valence-electron chi connectivity index (χ1n) is 10.7. The molecule has 0 aliphatic carbocycles. The van der Waals surface area contributed by atoms with Crippen molar-refractivity contribution in [3.8, 4) is 5.75 Å². The molecule has 184 valence electrons. The molecule has 0 saturated carbocycles. The molecule has 1 aliphatic rings. The van der Waals surface area contributed by atoms with Crippen molar-refractivity contribution in [2.45, 2.75) is 24.3 Å². The van der Waals surface area contributed by atoms with Gasteiger partial charge in [-0.3, -0.25) is 5.01 Å². The van der Waals surface area contributed by atoms with Gasteiger partial charge >= 0.3 is 0 Å². The molecular weight excluding hydrogens is 536 g/mol. The van der Waals surface area contributed by atoms with E-state index >= 15 is 0 Å². The third-order valence-corrected chi connectivity index (χ3v) is 7.63. The Kier molecular flexibility index (Phi) is 7.88. The molecular formula is C24H21Cl3FN3O3S. The largest absolute Gasteiger partial charge is 0.494 e. The number of nitrogens with one attached hydrogen (secondary N) is 1. The lowest BCUT2D eigenvalue weighted by Gasteiger charge is -2.25. The Hall–Kier alpha value is -2.36. The van der Waals surface area contributed by atoms with Crippen molar-refractivity contribution in [2.24, 2.45) is 5.10 Å². The first-order valence-corrected chi connectivity index (χ1v) is 13.3. The van der Waals surface area contributed by atoms with Gasteiger partial charge in [0, 0.05) is 11.4 Å². The summed E-state index contributed by atoms with van der Waals surface area (Å²) in [5, 5.41) is 6.99. The topological polar surface area (TPSA) is 71.0 Å². The highest BCUT2D eigenvalue weighted by molar-refractivity contribution is 7.89. The van der Waals surface area contributed by atoms with Gasteiger partial charge in [0.25, 0.3) is 0 Å². The van der Waals surface area contributed by atoms with Crippen molar-refractivity contribution in [2.75, 3.05) is 18.2 Å². The second kappa shape index (κ2) is 10.7. The highest BCUT2D eigenvalue weighted by atomic mass is 35.5. The summed E-state index contributed by atoms with van der Waals surface area (Å²) in [6.45, 7) is 2.34. The first-order chi connectivity index (χ1) is 16.7. The monoisotopic (exact) mass is 555 g/mol. The van der Waals surface area contributed by atoms with Crippen molar-refractivity contribution < 1.29 is 17.5 Å². The van der Waals surface area contributed by atoms with Gasteiger partial charge in [-0.1, -0.05) is 53.0 Å². The lowest BCUT2D eigenvalue weighted by molar-refractivity contribution is 0.340. The lowest BCUT2D eigenvalue weighted by Crippen LogP contribution is -2.30. The average molecular weight is 557 g/mol. The zero-order valence-corrected chi connectivity index (χ0v) is 21.6. The minimum Gasteiger partial charge on any atom is -0.494 e. The van der Waals surface area contributed by atoms with E-state index < -0.39 is 20.7 Å².